The molecule has 1 N–H and O–H groups in total. The van der Waals surface area contributed by atoms with Gasteiger partial charge in [-0.2, -0.15) is 0 Å². The molecule has 1 amide bonds. The number of aromatic nitrogens is 4. The molecule has 0 fully saturated rings. The smallest absolute Gasteiger partial charge is 0.255 e. The standard InChI is InChI=1S/C25H25N5O3/c1-3-4-17-32-21-9-5-19(6-10-21)25(31)27-20-7-11-22(12-8-20)33-24-14-13-23(28-29-24)30-16-15-26-18(30)2/h5-16H,3-4,17H2,1-2H3,(H,27,31). The van der Waals surface area contributed by atoms with Gasteiger partial charge in [-0.15, -0.1) is 10.2 Å². The summed E-state index contributed by atoms with van der Waals surface area (Å²) in [7, 11) is 0. The molecule has 0 aliphatic heterocycles. The van der Waals surface area contributed by atoms with E-state index in [1.54, 1.807) is 48.7 Å². The van der Waals surface area contributed by atoms with Gasteiger partial charge < -0.3 is 14.8 Å². The normalized spacial score (nSPS) is 10.6. The van der Waals surface area contributed by atoms with E-state index in [1.807, 2.05) is 35.9 Å². The van der Waals surface area contributed by atoms with E-state index < -0.39 is 0 Å². The van der Waals surface area contributed by atoms with Gasteiger partial charge in [0.15, 0.2) is 5.82 Å². The van der Waals surface area contributed by atoms with Crippen LogP contribution in [0.5, 0.6) is 17.4 Å². The van der Waals surface area contributed by atoms with E-state index in [1.165, 1.54) is 0 Å². The lowest BCUT2D eigenvalue weighted by Gasteiger charge is -2.09. The number of aryl methyl sites for hydroxylation is 1. The first-order valence-corrected chi connectivity index (χ1v) is 10.8. The van der Waals surface area contributed by atoms with Gasteiger partial charge in [0.1, 0.15) is 17.3 Å². The van der Waals surface area contributed by atoms with Crippen molar-refractivity contribution in [2.24, 2.45) is 0 Å². The summed E-state index contributed by atoms with van der Waals surface area (Å²) in [6.45, 7) is 4.69. The lowest BCUT2D eigenvalue weighted by atomic mass is 10.2. The quantitative estimate of drug-likeness (QED) is 0.358. The number of carbonyl (C=O) groups is 1. The predicted molar refractivity (Wildman–Crippen MR) is 125 cm³/mol. The number of carbonyl (C=O) groups excluding carboxylic acids is 1. The molecule has 4 rings (SSSR count). The highest BCUT2D eigenvalue weighted by molar-refractivity contribution is 6.04. The lowest BCUT2D eigenvalue weighted by molar-refractivity contribution is 0.102. The third-order valence-corrected chi connectivity index (χ3v) is 4.92. The molecule has 2 aromatic heterocycles. The maximum absolute atomic E-state index is 12.5. The van der Waals surface area contributed by atoms with Gasteiger partial charge in [-0.3, -0.25) is 9.36 Å². The molecule has 0 aliphatic carbocycles. The second-order valence-electron chi connectivity index (χ2n) is 7.38. The molecule has 0 radical (unpaired) electrons. The van der Waals surface area contributed by atoms with Gasteiger partial charge in [0.2, 0.25) is 5.88 Å². The van der Waals surface area contributed by atoms with Gasteiger partial charge in [0.25, 0.3) is 5.91 Å². The summed E-state index contributed by atoms with van der Waals surface area (Å²) in [6.07, 6.45) is 5.61. The summed E-state index contributed by atoms with van der Waals surface area (Å²) in [5.74, 6) is 3.01. The van der Waals surface area contributed by atoms with Crippen LogP contribution in [0.15, 0.2) is 73.1 Å². The second kappa shape index (κ2) is 10.4. The van der Waals surface area contributed by atoms with E-state index in [4.69, 9.17) is 9.47 Å². The molecule has 168 valence electrons. The van der Waals surface area contributed by atoms with E-state index in [2.05, 4.69) is 27.4 Å². The minimum Gasteiger partial charge on any atom is -0.494 e. The number of nitrogens with one attached hydrogen (secondary N) is 1. The highest BCUT2D eigenvalue weighted by Crippen LogP contribution is 2.22. The Bertz CT molecular complexity index is 1190. The van der Waals surface area contributed by atoms with Crippen molar-refractivity contribution in [3.63, 3.8) is 0 Å². The molecule has 0 atom stereocenters. The predicted octanol–water partition coefficient (Wildman–Crippen LogP) is 5.19. The first-order chi connectivity index (χ1) is 16.1. The summed E-state index contributed by atoms with van der Waals surface area (Å²) in [6, 6.07) is 17.7. The van der Waals surface area contributed by atoms with Crippen LogP contribution in [-0.2, 0) is 0 Å². The highest BCUT2D eigenvalue weighted by Gasteiger charge is 2.08. The van der Waals surface area contributed by atoms with Gasteiger partial charge in [-0.05, 0) is 67.9 Å². The molecular weight excluding hydrogens is 418 g/mol. The van der Waals surface area contributed by atoms with E-state index in [0.717, 1.165) is 24.4 Å². The first kappa shape index (κ1) is 22.0. The molecule has 8 heteroatoms. The molecular formula is C25H25N5O3. The van der Waals surface area contributed by atoms with Crippen molar-refractivity contribution in [2.75, 3.05) is 11.9 Å². The highest BCUT2D eigenvalue weighted by atomic mass is 16.5. The number of amides is 1. The number of hydrogen-bond acceptors (Lipinski definition) is 6. The molecule has 8 nitrogen and oxygen atoms in total. The summed E-state index contributed by atoms with van der Waals surface area (Å²) < 4.78 is 13.2. The third-order valence-electron chi connectivity index (χ3n) is 4.92. The number of benzene rings is 2. The van der Waals surface area contributed by atoms with E-state index in [9.17, 15) is 4.79 Å². The molecule has 4 aromatic rings. The fraction of sp³-hybridized carbons (Fsp3) is 0.200. The molecule has 2 aromatic carbocycles. The molecule has 0 unspecified atom stereocenters. The van der Waals surface area contributed by atoms with Crippen LogP contribution in [0.1, 0.15) is 35.9 Å². The number of anilines is 1. The number of rotatable bonds is 9. The van der Waals surface area contributed by atoms with Crippen molar-refractivity contribution in [2.45, 2.75) is 26.7 Å². The maximum Gasteiger partial charge on any atom is 0.255 e. The van der Waals surface area contributed by atoms with Gasteiger partial charge in [0, 0.05) is 29.7 Å². The second-order valence-corrected chi connectivity index (χ2v) is 7.38. The average molecular weight is 444 g/mol. The zero-order valence-corrected chi connectivity index (χ0v) is 18.6. The molecule has 2 heterocycles. The lowest BCUT2D eigenvalue weighted by Crippen LogP contribution is -2.11. The monoisotopic (exact) mass is 443 g/mol. The minimum atomic E-state index is -0.194. The zero-order chi connectivity index (χ0) is 23.0. The van der Waals surface area contributed by atoms with Crippen LogP contribution in [-0.4, -0.2) is 32.3 Å². The van der Waals surface area contributed by atoms with E-state index in [-0.39, 0.29) is 5.91 Å². The van der Waals surface area contributed by atoms with Crippen LogP contribution in [0.2, 0.25) is 0 Å². The Balaban J connectivity index is 1.32. The van der Waals surface area contributed by atoms with Gasteiger partial charge >= 0.3 is 0 Å². The van der Waals surface area contributed by atoms with Crippen molar-refractivity contribution in [3.05, 3.63) is 84.4 Å². The SMILES string of the molecule is CCCCOc1ccc(C(=O)Nc2ccc(Oc3ccc(-n4ccnc4C)nn3)cc2)cc1. The Morgan fingerprint density at radius 3 is 2.36 bits per heavy atom. The number of unbranched alkanes of at least 4 members (excludes halogenated alkanes) is 1. The number of ether oxygens (including phenoxy) is 2. The van der Waals surface area contributed by atoms with E-state index in [0.29, 0.717) is 35.3 Å². The van der Waals surface area contributed by atoms with Crippen LogP contribution < -0.4 is 14.8 Å². The fourth-order valence-corrected chi connectivity index (χ4v) is 3.08. The van der Waals surface area contributed by atoms with Crippen molar-refractivity contribution in [1.29, 1.82) is 0 Å². The Labute approximate surface area is 192 Å². The Morgan fingerprint density at radius 1 is 0.970 bits per heavy atom. The Morgan fingerprint density at radius 2 is 1.73 bits per heavy atom. The Hall–Kier alpha value is -4.20. The van der Waals surface area contributed by atoms with Gasteiger partial charge in [-0.25, -0.2) is 4.98 Å². The van der Waals surface area contributed by atoms with E-state index >= 15 is 0 Å². The molecule has 0 bridgehead atoms. The summed E-state index contributed by atoms with van der Waals surface area (Å²) in [5.41, 5.74) is 1.22. The van der Waals surface area contributed by atoms with Crippen LogP contribution in [0.25, 0.3) is 5.82 Å². The van der Waals surface area contributed by atoms with Crippen LogP contribution in [0, 0.1) is 6.92 Å². The summed E-state index contributed by atoms with van der Waals surface area (Å²) >= 11 is 0. The molecule has 0 spiro atoms. The average Bonchev–Trinajstić information content (AvgIpc) is 3.27. The van der Waals surface area contributed by atoms with Crippen molar-refractivity contribution in [3.8, 4) is 23.2 Å². The van der Waals surface area contributed by atoms with Crippen LogP contribution in [0.3, 0.4) is 0 Å². The van der Waals surface area contributed by atoms with Crippen molar-refractivity contribution in [1.82, 2.24) is 19.7 Å². The third kappa shape index (κ3) is 5.74. The largest absolute Gasteiger partial charge is 0.494 e. The Kier molecular flexibility index (Phi) is 6.94. The topological polar surface area (TPSA) is 91.2 Å². The number of nitrogens with zero attached hydrogens (tertiary/aromatic N) is 4. The first-order valence-electron chi connectivity index (χ1n) is 10.8. The molecule has 0 aliphatic rings. The van der Waals surface area contributed by atoms with Gasteiger partial charge in [0.05, 0.1) is 6.61 Å². The fourth-order valence-electron chi connectivity index (χ4n) is 3.08. The van der Waals surface area contributed by atoms with Crippen LogP contribution >= 0.6 is 0 Å². The minimum absolute atomic E-state index is 0.194. The number of hydrogen-bond donors (Lipinski definition) is 1. The number of imidazole rings is 1. The zero-order valence-electron chi connectivity index (χ0n) is 18.6. The maximum atomic E-state index is 12.5. The van der Waals surface area contributed by atoms with Gasteiger partial charge in [-0.1, -0.05) is 13.3 Å². The summed E-state index contributed by atoms with van der Waals surface area (Å²) in [4.78, 5) is 16.7. The molecule has 33 heavy (non-hydrogen) atoms. The van der Waals surface area contributed by atoms with Crippen LogP contribution in [0.4, 0.5) is 5.69 Å². The molecule has 0 saturated carbocycles. The summed E-state index contributed by atoms with van der Waals surface area (Å²) in [5, 5.41) is 11.2. The van der Waals surface area contributed by atoms with Crippen molar-refractivity contribution < 1.29 is 14.3 Å². The van der Waals surface area contributed by atoms with Crippen molar-refractivity contribution >= 4 is 11.6 Å². The molecule has 0 saturated heterocycles.